The fraction of sp³-hybridized carbons (Fsp3) is 0.688. The zero-order valence-corrected chi connectivity index (χ0v) is 17.2. The van der Waals surface area contributed by atoms with E-state index in [-0.39, 0.29) is 24.0 Å². The van der Waals surface area contributed by atoms with Gasteiger partial charge in [0.25, 0.3) is 0 Å². The first kappa shape index (κ1) is 20.7. The van der Waals surface area contributed by atoms with Gasteiger partial charge in [0.05, 0.1) is 25.8 Å². The average molecular weight is 452 g/mol. The Morgan fingerprint density at radius 2 is 2.13 bits per heavy atom. The molecule has 1 fully saturated rings. The van der Waals surface area contributed by atoms with Gasteiger partial charge in [0.1, 0.15) is 0 Å². The lowest BCUT2D eigenvalue weighted by molar-refractivity contribution is 0.0186. The van der Waals surface area contributed by atoms with E-state index in [4.69, 9.17) is 9.73 Å². The largest absolute Gasteiger partial charge is 0.379 e. The summed E-state index contributed by atoms with van der Waals surface area (Å²) in [6, 6.07) is 4.69. The molecule has 0 aromatic carbocycles. The molecule has 0 radical (unpaired) electrons. The van der Waals surface area contributed by atoms with Crippen LogP contribution < -0.4 is 10.6 Å². The molecule has 0 aliphatic carbocycles. The van der Waals surface area contributed by atoms with E-state index < -0.39 is 0 Å². The number of guanidine groups is 1. The van der Waals surface area contributed by atoms with Gasteiger partial charge in [-0.15, -0.1) is 35.3 Å². The Hall–Kier alpha value is -0.380. The number of hydrogen-bond donors (Lipinski definition) is 2. The molecule has 0 saturated carbocycles. The van der Waals surface area contributed by atoms with Gasteiger partial charge in [0.2, 0.25) is 0 Å². The van der Waals surface area contributed by atoms with Crippen molar-refractivity contribution in [2.45, 2.75) is 26.3 Å². The van der Waals surface area contributed by atoms with Crippen LogP contribution in [0, 0.1) is 0 Å². The van der Waals surface area contributed by atoms with E-state index in [1.807, 2.05) is 11.3 Å². The van der Waals surface area contributed by atoms with Crippen LogP contribution in [-0.4, -0.2) is 56.8 Å². The molecular weight excluding hydrogens is 423 g/mol. The molecule has 1 saturated heterocycles. The standard InChI is InChI=1S/C16H28N4OS.HI/c1-3-7-18-16(17-4-2)19-13-14(15-6-5-12-22-15)20-8-10-21-11-9-20;/h5-6,12,14H,3-4,7-11,13H2,1-2H3,(H2,17,18,19);1H. The molecule has 1 atom stereocenters. The van der Waals surface area contributed by atoms with Gasteiger partial charge in [-0.25, -0.2) is 0 Å². The Kier molecular flexibility index (Phi) is 10.8. The molecule has 5 nitrogen and oxygen atoms in total. The van der Waals surface area contributed by atoms with E-state index in [1.54, 1.807) is 0 Å². The van der Waals surface area contributed by atoms with Crippen molar-refractivity contribution < 1.29 is 4.74 Å². The van der Waals surface area contributed by atoms with Gasteiger partial charge in [-0.2, -0.15) is 0 Å². The Bertz CT molecular complexity index is 435. The third-order valence-corrected chi connectivity index (χ3v) is 4.64. The van der Waals surface area contributed by atoms with Gasteiger partial charge >= 0.3 is 0 Å². The van der Waals surface area contributed by atoms with E-state index in [9.17, 15) is 0 Å². The predicted molar refractivity (Wildman–Crippen MR) is 109 cm³/mol. The van der Waals surface area contributed by atoms with Crippen LogP contribution in [0.4, 0.5) is 0 Å². The second kappa shape index (κ2) is 12.0. The lowest BCUT2D eigenvalue weighted by atomic mass is 10.2. The molecule has 2 N–H and O–H groups in total. The quantitative estimate of drug-likeness (QED) is 0.380. The minimum Gasteiger partial charge on any atom is -0.379 e. The fourth-order valence-corrected chi connectivity index (χ4v) is 3.37. The van der Waals surface area contributed by atoms with Gasteiger partial charge < -0.3 is 15.4 Å². The van der Waals surface area contributed by atoms with Crippen molar-refractivity contribution >= 4 is 41.3 Å². The van der Waals surface area contributed by atoms with Crippen molar-refractivity contribution in [2.75, 3.05) is 45.9 Å². The van der Waals surface area contributed by atoms with Crippen molar-refractivity contribution in [1.82, 2.24) is 15.5 Å². The third kappa shape index (κ3) is 6.94. The van der Waals surface area contributed by atoms with Crippen LogP contribution in [0.25, 0.3) is 0 Å². The van der Waals surface area contributed by atoms with Crippen LogP contribution in [0.1, 0.15) is 31.2 Å². The Labute approximate surface area is 160 Å². The molecule has 2 rings (SSSR count). The lowest BCUT2D eigenvalue weighted by Crippen LogP contribution is -2.41. The lowest BCUT2D eigenvalue weighted by Gasteiger charge is -2.33. The van der Waals surface area contributed by atoms with Crippen molar-refractivity contribution in [2.24, 2.45) is 4.99 Å². The van der Waals surface area contributed by atoms with E-state index in [0.29, 0.717) is 6.04 Å². The van der Waals surface area contributed by atoms with Gasteiger partial charge in [-0.1, -0.05) is 13.0 Å². The number of halogens is 1. The molecule has 1 aromatic rings. The molecule has 0 amide bonds. The van der Waals surface area contributed by atoms with E-state index >= 15 is 0 Å². The first-order chi connectivity index (χ1) is 10.8. The molecule has 132 valence electrons. The SMILES string of the molecule is CCCNC(=NCC(c1cccs1)N1CCOCC1)NCC.I. The number of hydrogen-bond acceptors (Lipinski definition) is 4. The number of nitrogens with one attached hydrogen (secondary N) is 2. The van der Waals surface area contributed by atoms with Crippen LogP contribution in [0.15, 0.2) is 22.5 Å². The van der Waals surface area contributed by atoms with E-state index in [2.05, 4.69) is 46.9 Å². The van der Waals surface area contributed by atoms with Crippen LogP contribution in [0.5, 0.6) is 0 Å². The zero-order chi connectivity index (χ0) is 15.6. The van der Waals surface area contributed by atoms with Crippen molar-refractivity contribution in [1.29, 1.82) is 0 Å². The summed E-state index contributed by atoms with van der Waals surface area (Å²) in [6.07, 6.45) is 1.10. The highest BCUT2D eigenvalue weighted by Crippen LogP contribution is 2.26. The first-order valence-corrected chi connectivity index (χ1v) is 9.10. The van der Waals surface area contributed by atoms with Crippen LogP contribution in [0.3, 0.4) is 0 Å². The van der Waals surface area contributed by atoms with E-state index in [0.717, 1.165) is 58.3 Å². The summed E-state index contributed by atoms with van der Waals surface area (Å²) in [7, 11) is 0. The van der Waals surface area contributed by atoms with Crippen molar-refractivity contribution in [3.8, 4) is 0 Å². The molecule has 23 heavy (non-hydrogen) atoms. The van der Waals surface area contributed by atoms with Crippen molar-refractivity contribution in [3.05, 3.63) is 22.4 Å². The van der Waals surface area contributed by atoms with Crippen molar-refractivity contribution in [3.63, 3.8) is 0 Å². The fourth-order valence-electron chi connectivity index (χ4n) is 2.52. The average Bonchev–Trinajstić information content (AvgIpc) is 3.08. The Morgan fingerprint density at radius 1 is 1.35 bits per heavy atom. The van der Waals surface area contributed by atoms with Gasteiger partial charge in [-0.05, 0) is 24.8 Å². The molecule has 0 spiro atoms. The molecule has 7 heteroatoms. The number of nitrogens with zero attached hydrogens (tertiary/aromatic N) is 2. The normalized spacial score (nSPS) is 17.4. The first-order valence-electron chi connectivity index (χ1n) is 8.22. The number of rotatable bonds is 7. The molecule has 1 aliphatic rings. The predicted octanol–water partition coefficient (Wildman–Crippen LogP) is 2.70. The molecule has 0 bridgehead atoms. The highest BCUT2D eigenvalue weighted by Gasteiger charge is 2.23. The molecule has 1 unspecified atom stereocenters. The Morgan fingerprint density at radius 3 is 2.74 bits per heavy atom. The van der Waals surface area contributed by atoms with Gasteiger partial charge in [0, 0.05) is 31.1 Å². The van der Waals surface area contributed by atoms with E-state index in [1.165, 1.54) is 4.88 Å². The Balaban J connectivity index is 0.00000264. The molecule has 2 heterocycles. The summed E-state index contributed by atoms with van der Waals surface area (Å²) in [5.74, 6) is 0.916. The van der Waals surface area contributed by atoms with Gasteiger partial charge in [0.15, 0.2) is 5.96 Å². The maximum atomic E-state index is 5.49. The summed E-state index contributed by atoms with van der Waals surface area (Å²) < 4.78 is 5.49. The molecule has 1 aliphatic heterocycles. The second-order valence-corrected chi connectivity index (χ2v) is 6.31. The monoisotopic (exact) mass is 452 g/mol. The smallest absolute Gasteiger partial charge is 0.191 e. The molecular formula is C16H29IN4OS. The van der Waals surface area contributed by atoms with Crippen LogP contribution in [0.2, 0.25) is 0 Å². The minimum atomic E-state index is 0. The highest BCUT2D eigenvalue weighted by atomic mass is 127. The summed E-state index contributed by atoms with van der Waals surface area (Å²) in [6.45, 7) is 10.5. The minimum absolute atomic E-state index is 0. The van der Waals surface area contributed by atoms with Gasteiger partial charge in [-0.3, -0.25) is 9.89 Å². The zero-order valence-electron chi connectivity index (χ0n) is 14.1. The number of morpholine rings is 1. The van der Waals surface area contributed by atoms with Crippen LogP contribution in [-0.2, 0) is 4.74 Å². The van der Waals surface area contributed by atoms with Crippen LogP contribution >= 0.6 is 35.3 Å². The topological polar surface area (TPSA) is 48.9 Å². The highest BCUT2D eigenvalue weighted by molar-refractivity contribution is 14.0. The molecule has 1 aromatic heterocycles. The third-order valence-electron chi connectivity index (χ3n) is 3.67. The maximum absolute atomic E-state index is 5.49. The number of aliphatic imine (C=N–C) groups is 1. The number of ether oxygens (including phenoxy) is 1. The second-order valence-electron chi connectivity index (χ2n) is 5.33. The summed E-state index contributed by atoms with van der Waals surface area (Å²) in [5, 5.41) is 8.84. The maximum Gasteiger partial charge on any atom is 0.191 e. The summed E-state index contributed by atoms with van der Waals surface area (Å²) >= 11 is 1.81. The summed E-state index contributed by atoms with van der Waals surface area (Å²) in [5.41, 5.74) is 0. The summed E-state index contributed by atoms with van der Waals surface area (Å²) in [4.78, 5) is 8.68. The number of thiophene rings is 1.